The first-order valence-electron chi connectivity index (χ1n) is 5.81. The van der Waals surface area contributed by atoms with Gasteiger partial charge in [-0.05, 0) is 12.8 Å². The Balaban J connectivity index is 1.76. The molecule has 0 saturated carbocycles. The Hall–Kier alpha value is -1.14. The number of ether oxygens (including phenoxy) is 1. The summed E-state index contributed by atoms with van der Waals surface area (Å²) in [6, 6.07) is 2.24. The molecule has 96 valence electrons. The van der Waals surface area contributed by atoms with Crippen molar-refractivity contribution in [2.45, 2.75) is 24.1 Å². The predicted molar refractivity (Wildman–Crippen MR) is 65.7 cm³/mol. The highest BCUT2D eigenvalue weighted by molar-refractivity contribution is 7.99. The van der Waals surface area contributed by atoms with Crippen LogP contribution in [0.3, 0.4) is 0 Å². The molecule has 1 atom stereocenters. The minimum atomic E-state index is -0.871. The minimum Gasteiger partial charge on any atom is -0.377 e. The minimum absolute atomic E-state index is 0.261. The molecular weight excluding hydrogens is 258 g/mol. The van der Waals surface area contributed by atoms with Crippen molar-refractivity contribution in [3.63, 3.8) is 0 Å². The maximum absolute atomic E-state index is 13.0. The molecule has 2 aromatic rings. The van der Waals surface area contributed by atoms with Crippen LogP contribution in [0.25, 0.3) is 11.0 Å². The van der Waals surface area contributed by atoms with Crippen LogP contribution in [0.5, 0.6) is 0 Å². The summed E-state index contributed by atoms with van der Waals surface area (Å²) in [5.74, 6) is -0.920. The van der Waals surface area contributed by atoms with Gasteiger partial charge in [-0.1, -0.05) is 11.8 Å². The van der Waals surface area contributed by atoms with Gasteiger partial charge < -0.3 is 9.72 Å². The van der Waals surface area contributed by atoms with Gasteiger partial charge in [0.05, 0.1) is 17.1 Å². The van der Waals surface area contributed by atoms with E-state index >= 15 is 0 Å². The van der Waals surface area contributed by atoms with Crippen molar-refractivity contribution >= 4 is 22.8 Å². The van der Waals surface area contributed by atoms with Crippen LogP contribution in [-0.4, -0.2) is 28.4 Å². The van der Waals surface area contributed by atoms with Crippen molar-refractivity contribution in [3.05, 3.63) is 23.8 Å². The third-order valence-corrected chi connectivity index (χ3v) is 3.94. The van der Waals surface area contributed by atoms with Gasteiger partial charge in [-0.2, -0.15) is 0 Å². The zero-order valence-electron chi connectivity index (χ0n) is 9.58. The number of nitrogens with one attached hydrogen (secondary N) is 1. The smallest absolute Gasteiger partial charge is 0.166 e. The fourth-order valence-electron chi connectivity index (χ4n) is 2.00. The number of hydrogen-bond donors (Lipinski definition) is 1. The van der Waals surface area contributed by atoms with Gasteiger partial charge in [0.25, 0.3) is 0 Å². The highest BCUT2D eigenvalue weighted by Gasteiger charge is 2.16. The van der Waals surface area contributed by atoms with E-state index in [4.69, 9.17) is 4.74 Å². The van der Waals surface area contributed by atoms with E-state index in [1.165, 1.54) is 11.8 Å². The van der Waals surface area contributed by atoms with Gasteiger partial charge in [-0.15, -0.1) is 0 Å². The lowest BCUT2D eigenvalue weighted by Crippen LogP contribution is -2.07. The fourth-order valence-corrected chi connectivity index (χ4v) is 2.95. The molecule has 1 aromatic carbocycles. The maximum Gasteiger partial charge on any atom is 0.166 e. The molecule has 0 spiro atoms. The Morgan fingerprint density at radius 2 is 2.22 bits per heavy atom. The van der Waals surface area contributed by atoms with Crippen LogP contribution in [0.15, 0.2) is 17.3 Å². The molecule has 1 saturated heterocycles. The van der Waals surface area contributed by atoms with E-state index in [0.29, 0.717) is 16.2 Å². The summed E-state index contributed by atoms with van der Waals surface area (Å²) in [5, 5.41) is 0.672. The highest BCUT2D eigenvalue weighted by Crippen LogP contribution is 2.24. The Morgan fingerprint density at radius 1 is 1.39 bits per heavy atom. The number of halogens is 2. The number of fused-ring (bicyclic) bond motifs is 1. The summed E-state index contributed by atoms with van der Waals surface area (Å²) < 4.78 is 31.6. The number of thioether (sulfide) groups is 1. The third kappa shape index (κ3) is 2.35. The van der Waals surface area contributed by atoms with Crippen LogP contribution in [0.4, 0.5) is 8.78 Å². The van der Waals surface area contributed by atoms with Gasteiger partial charge in [-0.3, -0.25) is 0 Å². The van der Waals surface area contributed by atoms with Crippen molar-refractivity contribution in [3.8, 4) is 0 Å². The van der Waals surface area contributed by atoms with Crippen LogP contribution in [0.1, 0.15) is 12.8 Å². The molecule has 3 rings (SSSR count). The predicted octanol–water partition coefficient (Wildman–Crippen LogP) is 3.11. The number of rotatable bonds is 3. The topological polar surface area (TPSA) is 37.9 Å². The molecule has 1 aliphatic heterocycles. The monoisotopic (exact) mass is 270 g/mol. The van der Waals surface area contributed by atoms with E-state index in [9.17, 15) is 8.78 Å². The normalized spacial score (nSPS) is 19.8. The quantitative estimate of drug-likeness (QED) is 0.871. The number of H-pyrrole nitrogens is 1. The zero-order chi connectivity index (χ0) is 12.5. The van der Waals surface area contributed by atoms with E-state index in [2.05, 4.69) is 9.97 Å². The van der Waals surface area contributed by atoms with E-state index in [0.717, 1.165) is 37.3 Å². The van der Waals surface area contributed by atoms with Crippen LogP contribution in [0, 0.1) is 11.6 Å². The number of imidazole rings is 1. The van der Waals surface area contributed by atoms with E-state index in [1.807, 2.05) is 0 Å². The van der Waals surface area contributed by atoms with Crippen LogP contribution in [-0.2, 0) is 4.74 Å². The summed E-state index contributed by atoms with van der Waals surface area (Å²) in [5.41, 5.74) is 0.965. The molecule has 18 heavy (non-hydrogen) atoms. The zero-order valence-corrected chi connectivity index (χ0v) is 10.4. The Morgan fingerprint density at radius 3 is 3.00 bits per heavy atom. The van der Waals surface area contributed by atoms with Crippen LogP contribution >= 0.6 is 11.8 Å². The number of aromatic amines is 1. The molecule has 3 nitrogen and oxygen atoms in total. The first-order chi connectivity index (χ1) is 8.72. The van der Waals surface area contributed by atoms with Crippen molar-refractivity contribution in [1.82, 2.24) is 9.97 Å². The van der Waals surface area contributed by atoms with Gasteiger partial charge in [-0.25, -0.2) is 13.8 Å². The lowest BCUT2D eigenvalue weighted by molar-refractivity contribution is 0.129. The summed E-state index contributed by atoms with van der Waals surface area (Å²) in [4.78, 5) is 7.20. The molecule has 0 amide bonds. The highest BCUT2D eigenvalue weighted by atomic mass is 32.2. The summed E-state index contributed by atoms with van der Waals surface area (Å²) >= 11 is 1.52. The number of hydrogen-bond acceptors (Lipinski definition) is 3. The summed E-state index contributed by atoms with van der Waals surface area (Å²) in [7, 11) is 0. The van der Waals surface area contributed by atoms with E-state index in [1.54, 1.807) is 0 Å². The maximum atomic E-state index is 13.0. The van der Waals surface area contributed by atoms with Gasteiger partial charge in [0, 0.05) is 24.5 Å². The lowest BCUT2D eigenvalue weighted by atomic mass is 10.3. The first-order valence-corrected chi connectivity index (χ1v) is 6.80. The SMILES string of the molecule is Fc1cc2nc(SCC3CCCO3)[nH]c2cc1F. The fraction of sp³-hybridized carbons (Fsp3) is 0.417. The summed E-state index contributed by atoms with van der Waals surface area (Å²) in [6.07, 6.45) is 2.43. The molecule has 1 N–H and O–H groups in total. The van der Waals surface area contributed by atoms with Gasteiger partial charge in [0.2, 0.25) is 0 Å². The van der Waals surface area contributed by atoms with Crippen molar-refractivity contribution in [1.29, 1.82) is 0 Å². The molecule has 0 aliphatic carbocycles. The van der Waals surface area contributed by atoms with Gasteiger partial charge in [0.15, 0.2) is 16.8 Å². The second-order valence-electron chi connectivity index (χ2n) is 4.27. The molecule has 1 aromatic heterocycles. The van der Waals surface area contributed by atoms with Gasteiger partial charge >= 0.3 is 0 Å². The molecule has 0 bridgehead atoms. The summed E-state index contributed by atoms with van der Waals surface area (Å²) in [6.45, 7) is 0.821. The Bertz CT molecular complexity index is 527. The Labute approximate surface area is 107 Å². The molecule has 2 heterocycles. The molecule has 1 unspecified atom stereocenters. The second-order valence-corrected chi connectivity index (χ2v) is 5.28. The molecule has 6 heteroatoms. The van der Waals surface area contributed by atoms with Gasteiger partial charge in [0.1, 0.15) is 0 Å². The molecule has 1 fully saturated rings. The van der Waals surface area contributed by atoms with E-state index in [-0.39, 0.29) is 6.10 Å². The molecular formula is C12H12F2N2OS. The van der Waals surface area contributed by atoms with Crippen LogP contribution in [0.2, 0.25) is 0 Å². The number of nitrogens with zero attached hydrogens (tertiary/aromatic N) is 1. The first kappa shape index (κ1) is 11.9. The third-order valence-electron chi connectivity index (χ3n) is 2.93. The van der Waals surface area contributed by atoms with Crippen molar-refractivity contribution in [2.24, 2.45) is 0 Å². The largest absolute Gasteiger partial charge is 0.377 e. The average molecular weight is 270 g/mol. The molecule has 0 radical (unpaired) electrons. The van der Waals surface area contributed by atoms with Crippen molar-refractivity contribution < 1.29 is 13.5 Å². The van der Waals surface area contributed by atoms with Crippen molar-refractivity contribution in [2.75, 3.05) is 12.4 Å². The number of aromatic nitrogens is 2. The standard InChI is InChI=1S/C12H12F2N2OS/c13-8-4-10-11(5-9(8)14)16-12(15-10)18-6-7-2-1-3-17-7/h4-5,7H,1-3,6H2,(H,15,16). The average Bonchev–Trinajstić information content (AvgIpc) is 2.96. The number of benzene rings is 1. The second kappa shape index (κ2) is 4.85. The molecule has 1 aliphatic rings. The Kier molecular flexibility index (Phi) is 3.22. The lowest BCUT2D eigenvalue weighted by Gasteiger charge is -2.05. The van der Waals surface area contributed by atoms with Crippen LogP contribution < -0.4 is 0 Å². The van der Waals surface area contributed by atoms with E-state index < -0.39 is 11.6 Å².